The molecule has 0 radical (unpaired) electrons. The number of fused-ring (bicyclic) bond motifs is 1. The molecule has 2 heterocycles. The van der Waals surface area contributed by atoms with Gasteiger partial charge in [0.15, 0.2) is 16.6 Å². The average molecular weight is 356 g/mol. The summed E-state index contributed by atoms with van der Waals surface area (Å²) < 4.78 is 10.6. The number of hydrogen-bond donors (Lipinski definition) is 2. The van der Waals surface area contributed by atoms with Crippen LogP contribution in [0.15, 0.2) is 23.6 Å². The van der Waals surface area contributed by atoms with Gasteiger partial charge in [-0.3, -0.25) is 4.79 Å². The maximum Gasteiger partial charge on any atom is 0.243 e. The number of anilines is 1. The fourth-order valence-corrected chi connectivity index (χ4v) is 2.88. The molecule has 0 fully saturated rings. The number of benzene rings is 1. The molecule has 1 aromatic carbocycles. The van der Waals surface area contributed by atoms with E-state index in [1.165, 1.54) is 11.3 Å². The predicted molar refractivity (Wildman–Crippen MR) is 92.4 cm³/mol. The third kappa shape index (κ3) is 3.93. The molecular formula is C15H18ClN3O3S. The average Bonchev–Trinajstić information content (AvgIpc) is 3.15. The Hall–Kier alpha value is -1.83. The van der Waals surface area contributed by atoms with Crippen molar-refractivity contribution >= 4 is 34.8 Å². The van der Waals surface area contributed by atoms with E-state index < -0.39 is 6.04 Å². The van der Waals surface area contributed by atoms with E-state index in [2.05, 4.69) is 10.3 Å². The third-order valence-corrected chi connectivity index (χ3v) is 4.10. The summed E-state index contributed by atoms with van der Waals surface area (Å²) in [5, 5.41) is 5.19. The van der Waals surface area contributed by atoms with Crippen LogP contribution in [0.3, 0.4) is 0 Å². The Morgan fingerprint density at radius 1 is 1.43 bits per heavy atom. The van der Waals surface area contributed by atoms with Crippen molar-refractivity contribution in [2.24, 2.45) is 5.73 Å². The largest absolute Gasteiger partial charge is 0.454 e. The van der Waals surface area contributed by atoms with Crippen molar-refractivity contribution in [3.05, 3.63) is 23.6 Å². The molecule has 2 aromatic rings. The molecule has 3 rings (SSSR count). The van der Waals surface area contributed by atoms with E-state index in [9.17, 15) is 4.79 Å². The number of amides is 1. The molecule has 1 unspecified atom stereocenters. The van der Waals surface area contributed by atoms with Crippen molar-refractivity contribution in [2.45, 2.75) is 25.8 Å². The van der Waals surface area contributed by atoms with Gasteiger partial charge < -0.3 is 20.5 Å². The van der Waals surface area contributed by atoms with Gasteiger partial charge in [0, 0.05) is 10.9 Å². The summed E-state index contributed by atoms with van der Waals surface area (Å²) in [5.74, 6) is 1.24. The fraction of sp³-hybridized carbons (Fsp3) is 0.333. The van der Waals surface area contributed by atoms with Gasteiger partial charge in [0.1, 0.15) is 0 Å². The van der Waals surface area contributed by atoms with E-state index in [1.54, 1.807) is 0 Å². The number of halogens is 1. The number of ether oxygens (including phenoxy) is 2. The Balaban J connectivity index is 0.00000192. The van der Waals surface area contributed by atoms with Crippen LogP contribution in [-0.2, 0) is 4.79 Å². The Morgan fingerprint density at radius 3 is 3.00 bits per heavy atom. The van der Waals surface area contributed by atoms with Gasteiger partial charge in [0.2, 0.25) is 12.7 Å². The molecule has 8 heteroatoms. The molecule has 0 spiro atoms. The van der Waals surface area contributed by atoms with Crippen LogP contribution in [-0.4, -0.2) is 23.7 Å². The van der Waals surface area contributed by atoms with E-state index in [-0.39, 0.29) is 25.1 Å². The molecule has 1 aliphatic heterocycles. The van der Waals surface area contributed by atoms with Gasteiger partial charge in [-0.2, -0.15) is 0 Å². The fourth-order valence-electron chi connectivity index (χ4n) is 2.16. The van der Waals surface area contributed by atoms with Gasteiger partial charge in [0.05, 0.1) is 11.7 Å². The quantitative estimate of drug-likeness (QED) is 0.860. The smallest absolute Gasteiger partial charge is 0.243 e. The Bertz CT molecular complexity index is 692. The van der Waals surface area contributed by atoms with E-state index in [0.717, 1.165) is 23.4 Å². The zero-order valence-electron chi connectivity index (χ0n) is 12.6. The zero-order valence-corrected chi connectivity index (χ0v) is 14.2. The SMILES string of the molecule is CCCC(N)C(=O)Nc1nc(-c2ccc3c(c2)OCO3)cs1.Cl. The lowest BCUT2D eigenvalue weighted by atomic mass is 10.1. The Labute approximate surface area is 144 Å². The number of rotatable bonds is 5. The van der Waals surface area contributed by atoms with Crippen LogP contribution < -0.4 is 20.5 Å². The first-order valence-corrected chi connectivity index (χ1v) is 7.97. The standard InChI is InChI=1S/C15H17N3O3S.ClH/c1-2-3-10(16)14(19)18-15-17-11(7-22-15)9-4-5-12-13(6-9)21-8-20-12;/h4-7,10H,2-3,8,16H2,1H3,(H,17,18,19);1H. The molecular weight excluding hydrogens is 338 g/mol. The van der Waals surface area contributed by atoms with Crippen molar-refractivity contribution in [1.82, 2.24) is 4.98 Å². The normalized spacial score (nSPS) is 13.3. The molecule has 0 bridgehead atoms. The molecule has 0 aliphatic carbocycles. The highest BCUT2D eigenvalue weighted by Gasteiger charge is 2.17. The van der Waals surface area contributed by atoms with Gasteiger partial charge in [-0.05, 0) is 24.6 Å². The number of hydrogen-bond acceptors (Lipinski definition) is 6. The monoisotopic (exact) mass is 355 g/mol. The lowest BCUT2D eigenvalue weighted by Crippen LogP contribution is -2.35. The lowest BCUT2D eigenvalue weighted by molar-refractivity contribution is -0.117. The maximum absolute atomic E-state index is 11.9. The highest BCUT2D eigenvalue weighted by molar-refractivity contribution is 7.14. The molecule has 0 saturated heterocycles. The number of nitrogens with two attached hydrogens (primary N) is 1. The van der Waals surface area contributed by atoms with Gasteiger partial charge in [0.25, 0.3) is 0 Å². The molecule has 1 atom stereocenters. The topological polar surface area (TPSA) is 86.5 Å². The van der Waals surface area contributed by atoms with Gasteiger partial charge in [-0.25, -0.2) is 4.98 Å². The summed E-state index contributed by atoms with van der Waals surface area (Å²) in [6.45, 7) is 2.24. The van der Waals surface area contributed by atoms with Crippen molar-refractivity contribution in [2.75, 3.05) is 12.1 Å². The van der Waals surface area contributed by atoms with Crippen LogP contribution in [0.25, 0.3) is 11.3 Å². The summed E-state index contributed by atoms with van der Waals surface area (Å²) >= 11 is 1.37. The number of nitrogens with zero attached hydrogens (tertiary/aromatic N) is 1. The van der Waals surface area contributed by atoms with E-state index in [0.29, 0.717) is 17.3 Å². The van der Waals surface area contributed by atoms with Crippen LogP contribution in [0.4, 0.5) is 5.13 Å². The highest BCUT2D eigenvalue weighted by atomic mass is 35.5. The Kier molecular flexibility index (Phi) is 5.81. The van der Waals surface area contributed by atoms with Crippen molar-refractivity contribution in [1.29, 1.82) is 0 Å². The molecule has 1 amide bonds. The van der Waals surface area contributed by atoms with Crippen molar-refractivity contribution < 1.29 is 14.3 Å². The van der Waals surface area contributed by atoms with Crippen molar-refractivity contribution in [3.8, 4) is 22.8 Å². The maximum atomic E-state index is 11.9. The highest BCUT2D eigenvalue weighted by Crippen LogP contribution is 2.36. The van der Waals surface area contributed by atoms with E-state index in [4.69, 9.17) is 15.2 Å². The van der Waals surface area contributed by atoms with Crippen LogP contribution in [0, 0.1) is 0 Å². The summed E-state index contributed by atoms with van der Waals surface area (Å²) in [5.41, 5.74) is 7.49. The minimum absolute atomic E-state index is 0. The summed E-state index contributed by atoms with van der Waals surface area (Å²) in [7, 11) is 0. The third-order valence-electron chi connectivity index (χ3n) is 3.34. The Morgan fingerprint density at radius 2 is 2.22 bits per heavy atom. The first kappa shape index (κ1) is 17.5. The molecule has 1 aromatic heterocycles. The summed E-state index contributed by atoms with van der Waals surface area (Å²) in [6, 6.07) is 5.15. The lowest BCUT2D eigenvalue weighted by Gasteiger charge is -2.08. The molecule has 6 nitrogen and oxygen atoms in total. The second-order valence-electron chi connectivity index (χ2n) is 4.99. The van der Waals surface area contributed by atoms with E-state index >= 15 is 0 Å². The van der Waals surface area contributed by atoms with Gasteiger partial charge >= 0.3 is 0 Å². The van der Waals surface area contributed by atoms with Crippen LogP contribution in [0.1, 0.15) is 19.8 Å². The van der Waals surface area contributed by atoms with Gasteiger partial charge in [-0.15, -0.1) is 23.7 Å². The molecule has 1 aliphatic rings. The molecule has 124 valence electrons. The van der Waals surface area contributed by atoms with Crippen LogP contribution in [0.5, 0.6) is 11.5 Å². The summed E-state index contributed by atoms with van der Waals surface area (Å²) in [4.78, 5) is 16.3. The number of aromatic nitrogens is 1. The minimum atomic E-state index is -0.497. The molecule has 0 saturated carbocycles. The number of thiazole rings is 1. The first-order valence-electron chi connectivity index (χ1n) is 7.09. The first-order chi connectivity index (χ1) is 10.7. The van der Waals surface area contributed by atoms with E-state index in [1.807, 2.05) is 30.5 Å². The second kappa shape index (κ2) is 7.63. The van der Waals surface area contributed by atoms with Gasteiger partial charge in [-0.1, -0.05) is 13.3 Å². The number of carbonyl (C=O) groups excluding carboxylic acids is 1. The summed E-state index contributed by atoms with van der Waals surface area (Å²) in [6.07, 6.45) is 1.53. The van der Waals surface area contributed by atoms with Crippen LogP contribution >= 0.6 is 23.7 Å². The van der Waals surface area contributed by atoms with Crippen LogP contribution in [0.2, 0.25) is 0 Å². The minimum Gasteiger partial charge on any atom is -0.454 e. The van der Waals surface area contributed by atoms with Crippen molar-refractivity contribution in [3.63, 3.8) is 0 Å². The number of carbonyl (C=O) groups is 1. The number of nitrogens with one attached hydrogen (secondary N) is 1. The second-order valence-corrected chi connectivity index (χ2v) is 5.85. The molecule has 3 N–H and O–H groups in total. The predicted octanol–water partition coefficient (Wildman–Crippen LogP) is 3.03. The molecule has 23 heavy (non-hydrogen) atoms. The zero-order chi connectivity index (χ0) is 15.5.